The van der Waals surface area contributed by atoms with Gasteiger partial charge in [-0.1, -0.05) is 6.07 Å². The van der Waals surface area contributed by atoms with Gasteiger partial charge in [0, 0.05) is 37.9 Å². The molecule has 1 amide bonds. The molecule has 1 N–H and O–H groups in total. The standard InChI is InChI=1S/C26H35N3O3/c1-17-18(2)23(32-5)11-10-21(17)22-8-6-7-20-16-28(13-14-29(20)22)25(30)19-9-12-24(27-15-19)26(3,4)31/h9-12,15,20,22,31H,6-8,13-14,16H2,1-5H3/t20-,22+/m0/s1. The van der Waals surface area contributed by atoms with Crippen molar-refractivity contribution in [2.24, 2.45) is 0 Å². The Hall–Kier alpha value is -2.44. The normalized spacial score (nSPS) is 21.9. The zero-order valence-electron chi connectivity index (χ0n) is 19.9. The molecule has 2 atom stereocenters. The first-order chi connectivity index (χ1) is 15.2. The fourth-order valence-corrected chi connectivity index (χ4v) is 5.23. The largest absolute Gasteiger partial charge is 0.496 e. The number of aliphatic hydroxyl groups is 1. The fourth-order valence-electron chi connectivity index (χ4n) is 5.23. The molecule has 2 aromatic rings. The average Bonchev–Trinajstić information content (AvgIpc) is 2.79. The molecule has 0 unspecified atom stereocenters. The number of rotatable bonds is 4. The number of carbonyl (C=O) groups excluding carboxylic acids is 1. The van der Waals surface area contributed by atoms with Crippen molar-refractivity contribution in [1.82, 2.24) is 14.8 Å². The first-order valence-corrected chi connectivity index (χ1v) is 11.6. The fraction of sp³-hybridized carbons (Fsp3) is 0.538. The van der Waals surface area contributed by atoms with Crippen LogP contribution < -0.4 is 4.74 Å². The predicted molar refractivity (Wildman–Crippen MR) is 125 cm³/mol. The lowest BCUT2D eigenvalue weighted by atomic mass is 9.86. The summed E-state index contributed by atoms with van der Waals surface area (Å²) in [4.78, 5) is 22.0. The van der Waals surface area contributed by atoms with Crippen LogP contribution in [0.5, 0.6) is 5.75 Å². The molecule has 2 aliphatic rings. The first-order valence-electron chi connectivity index (χ1n) is 11.6. The lowest BCUT2D eigenvalue weighted by Gasteiger charge is -2.48. The number of methoxy groups -OCH3 is 1. The Kier molecular flexibility index (Phi) is 6.28. The summed E-state index contributed by atoms with van der Waals surface area (Å²) >= 11 is 0. The Morgan fingerprint density at radius 1 is 1.12 bits per heavy atom. The average molecular weight is 438 g/mol. The van der Waals surface area contributed by atoms with Gasteiger partial charge in [-0.15, -0.1) is 0 Å². The third-order valence-electron chi connectivity index (χ3n) is 7.23. The van der Waals surface area contributed by atoms with Gasteiger partial charge in [-0.05, 0) is 81.8 Å². The van der Waals surface area contributed by atoms with E-state index in [9.17, 15) is 9.90 Å². The highest BCUT2D eigenvalue weighted by Gasteiger charge is 2.37. The number of hydrogen-bond acceptors (Lipinski definition) is 5. The van der Waals surface area contributed by atoms with Crippen molar-refractivity contribution in [3.63, 3.8) is 0 Å². The maximum absolute atomic E-state index is 13.1. The summed E-state index contributed by atoms with van der Waals surface area (Å²) in [5.74, 6) is 0.969. The van der Waals surface area contributed by atoms with E-state index in [1.165, 1.54) is 23.1 Å². The number of hydrogen-bond donors (Lipinski definition) is 1. The molecule has 0 aliphatic carbocycles. The van der Waals surface area contributed by atoms with Crippen LogP contribution in [0.3, 0.4) is 0 Å². The van der Waals surface area contributed by atoms with E-state index in [4.69, 9.17) is 4.74 Å². The van der Waals surface area contributed by atoms with Crippen LogP contribution in [0.1, 0.15) is 71.9 Å². The van der Waals surface area contributed by atoms with Crippen molar-refractivity contribution in [2.45, 2.75) is 64.6 Å². The predicted octanol–water partition coefficient (Wildman–Crippen LogP) is 3.99. The first kappa shape index (κ1) is 22.7. The topological polar surface area (TPSA) is 65.9 Å². The molecule has 0 saturated carbocycles. The molecule has 4 rings (SSSR count). The molecule has 0 bridgehead atoms. The maximum atomic E-state index is 13.1. The van der Waals surface area contributed by atoms with Gasteiger partial charge in [-0.3, -0.25) is 14.7 Å². The molecule has 1 aromatic carbocycles. The van der Waals surface area contributed by atoms with Gasteiger partial charge in [0.25, 0.3) is 5.91 Å². The lowest BCUT2D eigenvalue weighted by molar-refractivity contribution is 0.0101. The second-order valence-electron chi connectivity index (χ2n) is 9.69. The molecule has 6 nitrogen and oxygen atoms in total. The van der Waals surface area contributed by atoms with Crippen molar-refractivity contribution in [2.75, 3.05) is 26.7 Å². The minimum atomic E-state index is -1.01. The summed E-state index contributed by atoms with van der Waals surface area (Å²) < 4.78 is 5.51. The van der Waals surface area contributed by atoms with Crippen LogP contribution in [0.4, 0.5) is 0 Å². The van der Waals surface area contributed by atoms with Gasteiger partial charge in [0.15, 0.2) is 0 Å². The smallest absolute Gasteiger partial charge is 0.255 e. The number of piperidine rings is 1. The highest BCUT2D eigenvalue weighted by atomic mass is 16.5. The van der Waals surface area contributed by atoms with E-state index < -0.39 is 5.60 Å². The van der Waals surface area contributed by atoms with Crippen molar-refractivity contribution in [3.8, 4) is 5.75 Å². The Labute approximate surface area is 191 Å². The SMILES string of the molecule is COc1ccc([C@H]2CCC[C@H]3CN(C(=O)c4ccc(C(C)(C)O)nc4)CCN32)c(C)c1C. The van der Waals surface area contributed by atoms with E-state index >= 15 is 0 Å². The second-order valence-corrected chi connectivity index (χ2v) is 9.69. The number of benzene rings is 1. The number of nitrogens with zero attached hydrogens (tertiary/aromatic N) is 3. The van der Waals surface area contributed by atoms with Crippen molar-refractivity contribution in [3.05, 3.63) is 58.4 Å². The van der Waals surface area contributed by atoms with Gasteiger partial charge >= 0.3 is 0 Å². The van der Waals surface area contributed by atoms with E-state index in [2.05, 4.69) is 35.9 Å². The van der Waals surface area contributed by atoms with Gasteiger partial charge in [0.2, 0.25) is 0 Å². The monoisotopic (exact) mass is 437 g/mol. The van der Waals surface area contributed by atoms with Crippen molar-refractivity contribution >= 4 is 5.91 Å². The van der Waals surface area contributed by atoms with Crippen molar-refractivity contribution in [1.29, 1.82) is 0 Å². The van der Waals surface area contributed by atoms with Crippen LogP contribution in [-0.2, 0) is 5.60 Å². The van der Waals surface area contributed by atoms with Crippen LogP contribution in [-0.4, -0.2) is 58.6 Å². The molecule has 0 radical (unpaired) electrons. The minimum absolute atomic E-state index is 0.0260. The van der Waals surface area contributed by atoms with Gasteiger partial charge in [-0.2, -0.15) is 0 Å². The molecule has 2 fully saturated rings. The van der Waals surface area contributed by atoms with Crippen LogP contribution in [0.2, 0.25) is 0 Å². The van der Waals surface area contributed by atoms with E-state index in [0.717, 1.165) is 31.7 Å². The third-order valence-corrected chi connectivity index (χ3v) is 7.23. The second kappa shape index (κ2) is 8.83. The summed E-state index contributed by atoms with van der Waals surface area (Å²) in [6.45, 7) is 10.1. The van der Waals surface area contributed by atoms with E-state index in [-0.39, 0.29) is 5.91 Å². The summed E-state index contributed by atoms with van der Waals surface area (Å²) in [6.07, 6.45) is 5.03. The molecular weight excluding hydrogens is 402 g/mol. The summed E-state index contributed by atoms with van der Waals surface area (Å²) in [5, 5.41) is 10.1. The molecule has 172 valence electrons. The quantitative estimate of drug-likeness (QED) is 0.784. The third kappa shape index (κ3) is 4.26. The molecular formula is C26H35N3O3. The Bertz CT molecular complexity index is 981. The summed E-state index contributed by atoms with van der Waals surface area (Å²) in [6, 6.07) is 8.60. The van der Waals surface area contributed by atoms with Gasteiger partial charge < -0.3 is 14.7 Å². The van der Waals surface area contributed by atoms with Gasteiger partial charge in [-0.25, -0.2) is 0 Å². The van der Waals surface area contributed by atoms with Crippen LogP contribution in [0.15, 0.2) is 30.5 Å². The number of carbonyl (C=O) groups is 1. The molecule has 6 heteroatoms. The molecule has 2 saturated heterocycles. The number of amides is 1. The molecule has 2 aliphatic heterocycles. The van der Waals surface area contributed by atoms with E-state index in [1.54, 1.807) is 39.3 Å². The summed E-state index contributed by atoms with van der Waals surface area (Å²) in [5.41, 5.74) is 4.05. The van der Waals surface area contributed by atoms with Crippen molar-refractivity contribution < 1.29 is 14.6 Å². The number of pyridine rings is 1. The molecule has 0 spiro atoms. The highest BCUT2D eigenvalue weighted by Crippen LogP contribution is 2.39. The van der Waals surface area contributed by atoms with E-state index in [1.807, 2.05) is 4.90 Å². The van der Waals surface area contributed by atoms with Crippen LogP contribution in [0, 0.1) is 13.8 Å². The Morgan fingerprint density at radius 2 is 1.91 bits per heavy atom. The number of ether oxygens (including phenoxy) is 1. The number of aromatic nitrogens is 1. The van der Waals surface area contributed by atoms with Gasteiger partial charge in [0.1, 0.15) is 11.4 Å². The van der Waals surface area contributed by atoms with Gasteiger partial charge in [0.05, 0.1) is 18.4 Å². The number of fused-ring (bicyclic) bond motifs is 1. The molecule has 32 heavy (non-hydrogen) atoms. The van der Waals surface area contributed by atoms with Crippen LogP contribution >= 0.6 is 0 Å². The summed E-state index contributed by atoms with van der Waals surface area (Å²) in [7, 11) is 1.72. The maximum Gasteiger partial charge on any atom is 0.255 e. The van der Waals surface area contributed by atoms with Crippen LogP contribution in [0.25, 0.3) is 0 Å². The van der Waals surface area contributed by atoms with E-state index in [0.29, 0.717) is 29.9 Å². The number of piperazine rings is 1. The molecule has 3 heterocycles. The zero-order chi connectivity index (χ0) is 23.0. The zero-order valence-corrected chi connectivity index (χ0v) is 19.9. The molecule has 1 aromatic heterocycles. The minimum Gasteiger partial charge on any atom is -0.496 e. The Morgan fingerprint density at radius 3 is 2.56 bits per heavy atom. The Balaban J connectivity index is 1.49. The highest BCUT2D eigenvalue weighted by molar-refractivity contribution is 5.94. The lowest BCUT2D eigenvalue weighted by Crippen LogP contribution is -2.57.